The molecule has 0 bridgehead atoms. The predicted molar refractivity (Wildman–Crippen MR) is 76.9 cm³/mol. The van der Waals surface area contributed by atoms with E-state index in [9.17, 15) is 0 Å². The fourth-order valence-electron chi connectivity index (χ4n) is 2.74. The minimum absolute atomic E-state index is 0.371. The smallest absolute Gasteiger partial charge is 0.146 e. The molecule has 4 heteroatoms. The highest BCUT2D eigenvalue weighted by molar-refractivity contribution is 6.03. The minimum atomic E-state index is 0.371. The quantitative estimate of drug-likeness (QED) is 0.802. The number of hydrogen-bond acceptors (Lipinski definition) is 4. The molecule has 20 heavy (non-hydrogen) atoms. The summed E-state index contributed by atoms with van der Waals surface area (Å²) in [5.41, 5.74) is 4.17. The molecule has 1 unspecified atom stereocenters. The molecule has 1 atom stereocenters. The molecule has 0 N–H and O–H groups in total. The van der Waals surface area contributed by atoms with Gasteiger partial charge in [-0.25, -0.2) is 0 Å². The van der Waals surface area contributed by atoms with Gasteiger partial charge >= 0.3 is 0 Å². The van der Waals surface area contributed by atoms with E-state index in [4.69, 9.17) is 9.36 Å². The van der Waals surface area contributed by atoms with Gasteiger partial charge in [-0.05, 0) is 25.3 Å². The lowest BCUT2D eigenvalue weighted by molar-refractivity contribution is 0.158. The Morgan fingerprint density at radius 3 is 2.85 bits per heavy atom. The Kier molecular flexibility index (Phi) is 3.54. The molecular weight excluding hydrogens is 252 g/mol. The van der Waals surface area contributed by atoms with E-state index < -0.39 is 0 Å². The summed E-state index contributed by atoms with van der Waals surface area (Å²) in [5, 5.41) is 8.34. The van der Waals surface area contributed by atoms with E-state index in [0.29, 0.717) is 12.5 Å². The van der Waals surface area contributed by atoms with Gasteiger partial charge in [0.15, 0.2) is 0 Å². The molecule has 1 aliphatic rings. The third-order valence-electron chi connectivity index (χ3n) is 3.67. The summed E-state index contributed by atoms with van der Waals surface area (Å²) in [4.78, 5) is 5.26. The van der Waals surface area contributed by atoms with Crippen LogP contribution in [0.25, 0.3) is 0 Å². The minimum Gasteiger partial charge on any atom is -0.396 e. The summed E-state index contributed by atoms with van der Waals surface area (Å²) in [5.74, 6) is 1.29. The van der Waals surface area contributed by atoms with Crippen molar-refractivity contribution in [2.75, 3.05) is 6.61 Å². The lowest BCUT2D eigenvalue weighted by Gasteiger charge is -2.22. The van der Waals surface area contributed by atoms with Gasteiger partial charge in [-0.15, -0.1) is 0 Å². The molecule has 1 heterocycles. The van der Waals surface area contributed by atoms with E-state index in [1.807, 2.05) is 19.9 Å². The lowest BCUT2D eigenvalue weighted by atomic mass is 9.82. The van der Waals surface area contributed by atoms with Crippen molar-refractivity contribution in [1.29, 1.82) is 0 Å². The molecule has 0 fully saturated rings. The van der Waals surface area contributed by atoms with Crippen molar-refractivity contribution < 1.29 is 9.36 Å². The maximum atomic E-state index is 5.46. The van der Waals surface area contributed by atoms with Crippen LogP contribution in [0.1, 0.15) is 41.8 Å². The van der Waals surface area contributed by atoms with Crippen molar-refractivity contribution in [2.24, 2.45) is 5.16 Å². The first-order chi connectivity index (χ1) is 9.79. The molecule has 0 aliphatic heterocycles. The molecule has 3 rings (SSSR count). The SMILES string of the molecule is CCON=C1CC(c2ccccc2)Cc2onc(C)c21. The first-order valence-electron chi connectivity index (χ1n) is 6.99. The van der Waals surface area contributed by atoms with E-state index in [0.717, 1.165) is 35.6 Å². The molecule has 1 aliphatic carbocycles. The zero-order chi connectivity index (χ0) is 13.9. The molecular formula is C16H18N2O2. The molecule has 0 spiro atoms. The number of oxime groups is 1. The normalized spacial score (nSPS) is 19.9. The van der Waals surface area contributed by atoms with Crippen LogP contribution in [0.5, 0.6) is 0 Å². The van der Waals surface area contributed by atoms with Gasteiger partial charge in [0.05, 0.1) is 17.0 Å². The van der Waals surface area contributed by atoms with Crippen LogP contribution in [-0.4, -0.2) is 17.5 Å². The Morgan fingerprint density at radius 1 is 1.30 bits per heavy atom. The van der Waals surface area contributed by atoms with Crippen LogP contribution in [-0.2, 0) is 11.3 Å². The van der Waals surface area contributed by atoms with Gasteiger partial charge < -0.3 is 9.36 Å². The maximum Gasteiger partial charge on any atom is 0.146 e. The van der Waals surface area contributed by atoms with E-state index >= 15 is 0 Å². The standard InChI is InChI=1S/C16H18N2O2/c1-3-19-18-14-9-13(12-7-5-4-6-8-12)10-15-16(14)11(2)17-20-15/h4-8,13H,3,9-10H2,1-2H3. The van der Waals surface area contributed by atoms with Gasteiger partial charge in [0.25, 0.3) is 0 Å². The van der Waals surface area contributed by atoms with Crippen molar-refractivity contribution in [3.05, 3.63) is 52.9 Å². The van der Waals surface area contributed by atoms with Crippen LogP contribution in [0, 0.1) is 6.92 Å². The fraction of sp³-hybridized carbons (Fsp3) is 0.375. The highest BCUT2D eigenvalue weighted by Crippen LogP contribution is 2.34. The number of aromatic nitrogens is 1. The lowest BCUT2D eigenvalue weighted by Crippen LogP contribution is -2.19. The van der Waals surface area contributed by atoms with Gasteiger partial charge in [0.2, 0.25) is 0 Å². The van der Waals surface area contributed by atoms with E-state index in [-0.39, 0.29) is 0 Å². The number of nitrogens with zero attached hydrogens (tertiary/aromatic N) is 2. The van der Waals surface area contributed by atoms with Crippen LogP contribution in [0.3, 0.4) is 0 Å². The van der Waals surface area contributed by atoms with Crippen LogP contribution in [0.4, 0.5) is 0 Å². The van der Waals surface area contributed by atoms with Gasteiger partial charge in [-0.1, -0.05) is 40.6 Å². The second kappa shape index (κ2) is 5.49. The average molecular weight is 270 g/mol. The molecule has 104 valence electrons. The zero-order valence-corrected chi connectivity index (χ0v) is 11.8. The summed E-state index contributed by atoms with van der Waals surface area (Å²) in [7, 11) is 0. The Bertz CT molecular complexity index is 617. The number of fused-ring (bicyclic) bond motifs is 1. The Balaban J connectivity index is 1.97. The van der Waals surface area contributed by atoms with E-state index in [2.05, 4.69) is 34.6 Å². The summed E-state index contributed by atoms with van der Waals surface area (Å²) in [6.07, 6.45) is 1.73. The molecule has 4 nitrogen and oxygen atoms in total. The van der Waals surface area contributed by atoms with Crippen molar-refractivity contribution in [3.63, 3.8) is 0 Å². The van der Waals surface area contributed by atoms with Crippen LogP contribution in [0.15, 0.2) is 40.0 Å². The molecule has 1 aromatic carbocycles. The average Bonchev–Trinajstić information content (AvgIpc) is 2.87. The van der Waals surface area contributed by atoms with Crippen molar-refractivity contribution in [3.8, 4) is 0 Å². The first kappa shape index (κ1) is 12.9. The Morgan fingerprint density at radius 2 is 2.10 bits per heavy atom. The third-order valence-corrected chi connectivity index (χ3v) is 3.67. The second-order valence-corrected chi connectivity index (χ2v) is 5.04. The van der Waals surface area contributed by atoms with Gasteiger partial charge in [-0.3, -0.25) is 0 Å². The Labute approximate surface area is 118 Å². The molecule has 0 radical (unpaired) electrons. The first-order valence-corrected chi connectivity index (χ1v) is 6.99. The monoisotopic (exact) mass is 270 g/mol. The second-order valence-electron chi connectivity index (χ2n) is 5.04. The molecule has 0 saturated heterocycles. The maximum absolute atomic E-state index is 5.46. The van der Waals surface area contributed by atoms with Crippen LogP contribution >= 0.6 is 0 Å². The molecule has 1 aromatic heterocycles. The van der Waals surface area contributed by atoms with Crippen LogP contribution < -0.4 is 0 Å². The topological polar surface area (TPSA) is 47.6 Å². The fourth-order valence-corrected chi connectivity index (χ4v) is 2.74. The molecule has 0 saturated carbocycles. The van der Waals surface area contributed by atoms with Gasteiger partial charge in [0, 0.05) is 12.8 Å². The summed E-state index contributed by atoms with van der Waals surface area (Å²) in [6, 6.07) is 10.5. The molecule has 0 amide bonds. The van der Waals surface area contributed by atoms with E-state index in [1.165, 1.54) is 5.56 Å². The highest BCUT2D eigenvalue weighted by Gasteiger charge is 2.30. The summed E-state index contributed by atoms with van der Waals surface area (Å²) in [6.45, 7) is 4.45. The number of benzene rings is 1. The van der Waals surface area contributed by atoms with Crippen molar-refractivity contribution in [2.45, 2.75) is 32.6 Å². The number of hydrogen-bond donors (Lipinski definition) is 0. The summed E-state index contributed by atoms with van der Waals surface area (Å²) >= 11 is 0. The molecule has 2 aromatic rings. The van der Waals surface area contributed by atoms with E-state index in [1.54, 1.807) is 0 Å². The number of aryl methyl sites for hydroxylation is 1. The summed E-state index contributed by atoms with van der Waals surface area (Å²) < 4.78 is 5.46. The van der Waals surface area contributed by atoms with Crippen molar-refractivity contribution >= 4 is 5.71 Å². The van der Waals surface area contributed by atoms with Gasteiger partial charge in [0.1, 0.15) is 12.4 Å². The third kappa shape index (κ3) is 2.33. The zero-order valence-electron chi connectivity index (χ0n) is 11.8. The van der Waals surface area contributed by atoms with Gasteiger partial charge in [-0.2, -0.15) is 0 Å². The van der Waals surface area contributed by atoms with Crippen molar-refractivity contribution in [1.82, 2.24) is 5.16 Å². The highest BCUT2D eigenvalue weighted by atomic mass is 16.6. The Hall–Kier alpha value is -2.10. The predicted octanol–water partition coefficient (Wildman–Crippen LogP) is 3.45. The largest absolute Gasteiger partial charge is 0.396 e. The van der Waals surface area contributed by atoms with Crippen LogP contribution in [0.2, 0.25) is 0 Å². The number of rotatable bonds is 3.